The van der Waals surface area contributed by atoms with Crippen molar-refractivity contribution in [2.75, 3.05) is 18.4 Å². The van der Waals surface area contributed by atoms with Gasteiger partial charge in [0, 0.05) is 24.0 Å². The van der Waals surface area contributed by atoms with Gasteiger partial charge in [-0.1, -0.05) is 35.9 Å². The minimum atomic E-state index is 0.0103. The molecule has 150 valence electrons. The Morgan fingerprint density at radius 1 is 1.17 bits per heavy atom. The number of likely N-dealkylation sites (tertiary alicyclic amines) is 1. The van der Waals surface area contributed by atoms with E-state index in [0.717, 1.165) is 58.7 Å². The Morgan fingerprint density at radius 3 is 2.66 bits per heavy atom. The molecule has 1 N–H and O–H groups in total. The van der Waals surface area contributed by atoms with E-state index < -0.39 is 0 Å². The Morgan fingerprint density at radius 2 is 1.93 bits per heavy atom. The van der Waals surface area contributed by atoms with Gasteiger partial charge in [0.15, 0.2) is 0 Å². The summed E-state index contributed by atoms with van der Waals surface area (Å²) in [5.74, 6) is 0.681. The summed E-state index contributed by atoms with van der Waals surface area (Å²) in [6.07, 6.45) is 3.41. The summed E-state index contributed by atoms with van der Waals surface area (Å²) >= 11 is 6.61. The fourth-order valence-corrected chi connectivity index (χ4v) is 4.06. The summed E-state index contributed by atoms with van der Waals surface area (Å²) in [5, 5.41) is 4.78. The van der Waals surface area contributed by atoms with Gasteiger partial charge in [0.2, 0.25) is 5.91 Å². The zero-order valence-electron chi connectivity index (χ0n) is 16.8. The fraction of sp³-hybridized carbons (Fsp3) is 0.348. The number of nitrogens with zero attached hydrogens (tertiary/aromatic N) is 3. The van der Waals surface area contributed by atoms with Crippen molar-refractivity contribution in [3.8, 4) is 0 Å². The van der Waals surface area contributed by atoms with Crippen LogP contribution in [0, 0.1) is 19.8 Å². The highest BCUT2D eigenvalue weighted by Crippen LogP contribution is 2.29. The number of anilines is 1. The van der Waals surface area contributed by atoms with Crippen molar-refractivity contribution in [3.05, 3.63) is 64.4 Å². The number of hydrogen-bond acceptors (Lipinski definition) is 4. The summed E-state index contributed by atoms with van der Waals surface area (Å²) in [7, 11) is 0. The monoisotopic (exact) mass is 408 g/mol. The molecule has 0 bridgehead atoms. The van der Waals surface area contributed by atoms with E-state index in [1.165, 1.54) is 0 Å². The molecule has 1 saturated heterocycles. The predicted molar refractivity (Wildman–Crippen MR) is 117 cm³/mol. The van der Waals surface area contributed by atoms with Gasteiger partial charge >= 0.3 is 0 Å². The van der Waals surface area contributed by atoms with E-state index in [-0.39, 0.29) is 11.8 Å². The third kappa shape index (κ3) is 4.41. The largest absolute Gasteiger partial charge is 0.310 e. The van der Waals surface area contributed by atoms with Gasteiger partial charge in [0.25, 0.3) is 0 Å². The third-order valence-electron chi connectivity index (χ3n) is 5.64. The molecule has 1 aromatic carbocycles. The molecule has 1 aliphatic rings. The van der Waals surface area contributed by atoms with Crippen LogP contribution in [0.5, 0.6) is 0 Å². The lowest BCUT2D eigenvalue weighted by Gasteiger charge is -2.31. The Hall–Kier alpha value is -2.50. The number of aromatic nitrogens is 2. The molecule has 3 heterocycles. The number of nitrogens with one attached hydrogen (secondary N) is 1. The molecule has 3 aromatic rings. The summed E-state index contributed by atoms with van der Waals surface area (Å²) in [5.41, 5.74) is 4.04. The van der Waals surface area contributed by atoms with Crippen LogP contribution in [-0.2, 0) is 11.3 Å². The Labute approximate surface area is 176 Å². The van der Waals surface area contributed by atoms with E-state index >= 15 is 0 Å². The zero-order chi connectivity index (χ0) is 20.4. The van der Waals surface area contributed by atoms with Crippen molar-refractivity contribution in [1.82, 2.24) is 14.9 Å². The summed E-state index contributed by atoms with van der Waals surface area (Å²) in [6, 6.07) is 11.9. The smallest absolute Gasteiger partial charge is 0.228 e. The number of amides is 1. The normalized spacial score (nSPS) is 15.6. The maximum absolute atomic E-state index is 12.6. The van der Waals surface area contributed by atoms with Crippen molar-refractivity contribution >= 4 is 34.2 Å². The molecule has 0 radical (unpaired) electrons. The number of benzene rings is 1. The Kier molecular flexibility index (Phi) is 5.79. The Balaban J connectivity index is 1.37. The number of carbonyl (C=O) groups excluding carboxylic acids is 1. The van der Waals surface area contributed by atoms with E-state index in [1.54, 1.807) is 6.20 Å². The van der Waals surface area contributed by atoms with Gasteiger partial charge in [0.05, 0.1) is 16.2 Å². The van der Waals surface area contributed by atoms with Crippen molar-refractivity contribution < 1.29 is 4.79 Å². The molecule has 29 heavy (non-hydrogen) atoms. The van der Waals surface area contributed by atoms with Gasteiger partial charge in [-0.3, -0.25) is 9.69 Å². The molecule has 0 unspecified atom stereocenters. The number of pyridine rings is 2. The number of piperidine rings is 1. The van der Waals surface area contributed by atoms with Gasteiger partial charge in [-0.25, -0.2) is 9.97 Å². The maximum Gasteiger partial charge on any atom is 0.228 e. The molecule has 0 aliphatic carbocycles. The molecule has 1 fully saturated rings. The SMILES string of the molecule is Cc1ccc(NC(=O)C2CCN(Cc3nc4ccccc4c(C)c3Cl)CC2)nc1. The molecule has 5 nitrogen and oxygen atoms in total. The van der Waals surface area contributed by atoms with Crippen LogP contribution in [0.15, 0.2) is 42.6 Å². The first kappa shape index (κ1) is 19.8. The fourth-order valence-electron chi connectivity index (χ4n) is 3.86. The standard InChI is InChI=1S/C23H25ClN4O/c1-15-7-8-21(25-13-15)27-23(29)17-9-11-28(12-10-17)14-20-22(24)16(2)18-5-3-4-6-19(18)26-20/h3-8,13,17H,9-12,14H2,1-2H3,(H,25,27,29). The highest BCUT2D eigenvalue weighted by Gasteiger charge is 2.26. The molecule has 6 heteroatoms. The Bertz CT molecular complexity index is 1030. The van der Waals surface area contributed by atoms with Crippen LogP contribution in [0.1, 0.15) is 29.7 Å². The molecule has 1 aliphatic heterocycles. The summed E-state index contributed by atoms with van der Waals surface area (Å²) < 4.78 is 0. The van der Waals surface area contributed by atoms with Crippen molar-refractivity contribution in [2.24, 2.45) is 5.92 Å². The van der Waals surface area contributed by atoms with Gasteiger partial charge in [0.1, 0.15) is 5.82 Å². The predicted octanol–water partition coefficient (Wildman–Crippen LogP) is 4.75. The van der Waals surface area contributed by atoms with Crippen LogP contribution in [0.3, 0.4) is 0 Å². The molecule has 1 amide bonds. The van der Waals surface area contributed by atoms with Crippen LogP contribution >= 0.6 is 11.6 Å². The molecule has 4 rings (SSSR count). The lowest BCUT2D eigenvalue weighted by Crippen LogP contribution is -2.38. The molecule has 2 aromatic heterocycles. The van der Waals surface area contributed by atoms with Gasteiger partial charge in [-0.15, -0.1) is 0 Å². The first-order valence-electron chi connectivity index (χ1n) is 10.0. The highest BCUT2D eigenvalue weighted by atomic mass is 35.5. The van der Waals surface area contributed by atoms with Crippen LogP contribution in [-0.4, -0.2) is 33.9 Å². The van der Waals surface area contributed by atoms with Crippen molar-refractivity contribution in [3.63, 3.8) is 0 Å². The topological polar surface area (TPSA) is 58.1 Å². The highest BCUT2D eigenvalue weighted by molar-refractivity contribution is 6.32. The first-order valence-corrected chi connectivity index (χ1v) is 10.4. The van der Waals surface area contributed by atoms with Gasteiger partial charge in [-0.2, -0.15) is 0 Å². The number of aryl methyl sites for hydroxylation is 2. The molecule has 0 atom stereocenters. The van der Waals surface area contributed by atoms with E-state index in [2.05, 4.69) is 21.3 Å². The van der Waals surface area contributed by atoms with Crippen LogP contribution in [0.25, 0.3) is 10.9 Å². The minimum Gasteiger partial charge on any atom is -0.310 e. The van der Waals surface area contributed by atoms with E-state index in [0.29, 0.717) is 12.4 Å². The zero-order valence-corrected chi connectivity index (χ0v) is 17.5. The van der Waals surface area contributed by atoms with E-state index in [1.807, 2.05) is 44.2 Å². The summed E-state index contributed by atoms with van der Waals surface area (Å²) in [6.45, 7) is 6.43. The van der Waals surface area contributed by atoms with Crippen molar-refractivity contribution in [1.29, 1.82) is 0 Å². The van der Waals surface area contributed by atoms with Crippen LogP contribution in [0.2, 0.25) is 5.02 Å². The van der Waals surface area contributed by atoms with Gasteiger partial charge < -0.3 is 5.32 Å². The molecular weight excluding hydrogens is 384 g/mol. The number of para-hydroxylation sites is 1. The second-order valence-electron chi connectivity index (χ2n) is 7.78. The quantitative estimate of drug-likeness (QED) is 0.676. The average Bonchev–Trinajstić information content (AvgIpc) is 2.74. The number of carbonyl (C=O) groups is 1. The summed E-state index contributed by atoms with van der Waals surface area (Å²) in [4.78, 5) is 23.9. The number of fused-ring (bicyclic) bond motifs is 1. The number of halogens is 1. The average molecular weight is 409 g/mol. The third-order valence-corrected chi connectivity index (χ3v) is 6.14. The molecule has 0 spiro atoms. The van der Waals surface area contributed by atoms with Crippen molar-refractivity contribution in [2.45, 2.75) is 33.2 Å². The van der Waals surface area contributed by atoms with E-state index in [4.69, 9.17) is 16.6 Å². The number of rotatable bonds is 4. The first-order chi connectivity index (χ1) is 14.0. The lowest BCUT2D eigenvalue weighted by molar-refractivity contribution is -0.121. The van der Waals surface area contributed by atoms with E-state index in [9.17, 15) is 4.79 Å². The van der Waals surface area contributed by atoms with Crippen LogP contribution < -0.4 is 5.32 Å². The van der Waals surface area contributed by atoms with Crippen LogP contribution in [0.4, 0.5) is 5.82 Å². The lowest BCUT2D eigenvalue weighted by atomic mass is 9.95. The maximum atomic E-state index is 12.6. The minimum absolute atomic E-state index is 0.0103. The molecule has 0 saturated carbocycles. The van der Waals surface area contributed by atoms with Gasteiger partial charge in [-0.05, 0) is 63.0 Å². The molecular formula is C23H25ClN4O. The second kappa shape index (κ2) is 8.47. The second-order valence-corrected chi connectivity index (χ2v) is 8.15. The number of hydrogen-bond donors (Lipinski definition) is 1.